The van der Waals surface area contributed by atoms with Gasteiger partial charge in [0, 0.05) is 38.4 Å². The van der Waals surface area contributed by atoms with Crippen molar-refractivity contribution < 1.29 is 13.9 Å². The summed E-state index contributed by atoms with van der Waals surface area (Å²) in [4.78, 5) is 12.0. The average molecular weight is 477 g/mol. The molecule has 2 aliphatic heterocycles. The van der Waals surface area contributed by atoms with Crippen molar-refractivity contribution in [1.29, 1.82) is 0 Å². The van der Waals surface area contributed by atoms with E-state index in [1.165, 1.54) is 30.5 Å². The zero-order valence-electron chi connectivity index (χ0n) is 20.7. The molecule has 0 radical (unpaired) electrons. The van der Waals surface area contributed by atoms with Crippen LogP contribution in [-0.4, -0.2) is 56.4 Å². The highest BCUT2D eigenvalue weighted by molar-refractivity contribution is 5.50. The third-order valence-corrected chi connectivity index (χ3v) is 6.81. The lowest BCUT2D eigenvalue weighted by atomic mass is 10.1. The minimum absolute atomic E-state index is 0.664. The van der Waals surface area contributed by atoms with Crippen LogP contribution >= 0.6 is 0 Å². The molecule has 3 aromatic rings. The first-order chi connectivity index (χ1) is 17.3. The normalized spacial score (nSPS) is 16.9. The number of nitrogens with zero attached hydrogens (tertiary/aromatic N) is 4. The van der Waals surface area contributed by atoms with Crippen LogP contribution in [0.1, 0.15) is 36.1 Å². The first kappa shape index (κ1) is 23.7. The Morgan fingerprint density at radius 2 is 1.66 bits per heavy atom. The maximum atomic E-state index is 6.05. The van der Waals surface area contributed by atoms with E-state index in [9.17, 15) is 0 Å². The van der Waals surface area contributed by atoms with Gasteiger partial charge in [-0.2, -0.15) is 4.98 Å². The molecule has 0 amide bonds. The van der Waals surface area contributed by atoms with Crippen molar-refractivity contribution in [1.82, 2.24) is 9.88 Å². The first-order valence-corrected chi connectivity index (χ1v) is 12.7. The van der Waals surface area contributed by atoms with Crippen molar-refractivity contribution in [3.63, 3.8) is 0 Å². The lowest BCUT2D eigenvalue weighted by molar-refractivity contribution is 0.122. The molecule has 3 heterocycles. The van der Waals surface area contributed by atoms with Crippen LogP contribution in [0.15, 0.2) is 59.2 Å². The number of morpholine rings is 1. The molecule has 2 aliphatic rings. The van der Waals surface area contributed by atoms with Crippen LogP contribution in [0.4, 0.5) is 11.7 Å². The van der Waals surface area contributed by atoms with Crippen LogP contribution in [0.25, 0.3) is 0 Å². The monoisotopic (exact) mass is 476 g/mol. The van der Waals surface area contributed by atoms with Crippen LogP contribution in [0.3, 0.4) is 0 Å². The Kier molecular flexibility index (Phi) is 7.85. The highest BCUT2D eigenvalue weighted by atomic mass is 16.5. The van der Waals surface area contributed by atoms with Gasteiger partial charge in [0.1, 0.15) is 12.0 Å². The fourth-order valence-electron chi connectivity index (χ4n) is 4.94. The molecule has 0 N–H and O–H groups in total. The number of benzene rings is 2. The highest BCUT2D eigenvalue weighted by Crippen LogP contribution is 2.25. The summed E-state index contributed by atoms with van der Waals surface area (Å²) in [5.74, 6) is 0.856. The Morgan fingerprint density at radius 1 is 0.914 bits per heavy atom. The van der Waals surface area contributed by atoms with Gasteiger partial charge >= 0.3 is 0 Å². The number of hydrogen-bond donors (Lipinski definition) is 0. The standard InChI is InChI=1S/C28H36N4O3/c1-33-27-10-6-8-24(18-27)20-32(28-29-25(22-35-28)21-30-11-3-2-4-12-30)19-23-7-5-9-26(17-23)31-13-15-34-16-14-31/h5-10,17-18,22H,2-4,11-16,19-21H2,1H3. The number of rotatable bonds is 9. The molecule has 35 heavy (non-hydrogen) atoms. The molecule has 0 atom stereocenters. The van der Waals surface area contributed by atoms with Gasteiger partial charge in [-0.3, -0.25) is 4.90 Å². The molecule has 7 heteroatoms. The molecule has 0 bridgehead atoms. The summed E-state index contributed by atoms with van der Waals surface area (Å²) in [6.45, 7) is 7.94. The lowest BCUT2D eigenvalue weighted by Crippen LogP contribution is -2.36. The predicted octanol–water partition coefficient (Wildman–Crippen LogP) is 4.71. The second-order valence-corrected chi connectivity index (χ2v) is 9.44. The van der Waals surface area contributed by atoms with Gasteiger partial charge in [-0.25, -0.2) is 0 Å². The highest BCUT2D eigenvalue weighted by Gasteiger charge is 2.19. The van der Waals surface area contributed by atoms with E-state index in [0.717, 1.165) is 62.9 Å². The second kappa shape index (κ2) is 11.6. The number of ether oxygens (including phenoxy) is 2. The number of methoxy groups -OCH3 is 1. The van der Waals surface area contributed by atoms with E-state index in [0.29, 0.717) is 19.1 Å². The van der Waals surface area contributed by atoms with Crippen molar-refractivity contribution >= 4 is 11.7 Å². The topological polar surface area (TPSA) is 54.2 Å². The van der Waals surface area contributed by atoms with Crippen LogP contribution in [-0.2, 0) is 24.4 Å². The molecule has 0 aliphatic carbocycles. The first-order valence-electron chi connectivity index (χ1n) is 12.7. The lowest BCUT2D eigenvalue weighted by Gasteiger charge is -2.29. The van der Waals surface area contributed by atoms with Crippen molar-refractivity contribution in [3.8, 4) is 5.75 Å². The quantitative estimate of drug-likeness (QED) is 0.443. The number of piperidine rings is 1. The van der Waals surface area contributed by atoms with Crippen LogP contribution in [0.5, 0.6) is 5.75 Å². The zero-order valence-corrected chi connectivity index (χ0v) is 20.7. The van der Waals surface area contributed by atoms with Gasteiger partial charge in [-0.1, -0.05) is 30.7 Å². The minimum atomic E-state index is 0.664. The van der Waals surface area contributed by atoms with E-state index in [-0.39, 0.29) is 0 Å². The molecule has 2 aromatic carbocycles. The third-order valence-electron chi connectivity index (χ3n) is 6.81. The zero-order chi connectivity index (χ0) is 23.9. The van der Waals surface area contributed by atoms with Gasteiger partial charge in [0.15, 0.2) is 0 Å². The maximum Gasteiger partial charge on any atom is 0.298 e. The molecule has 2 fully saturated rings. The van der Waals surface area contributed by atoms with Gasteiger partial charge in [0.05, 0.1) is 26.0 Å². The summed E-state index contributed by atoms with van der Waals surface area (Å²) in [7, 11) is 1.70. The maximum absolute atomic E-state index is 6.05. The summed E-state index contributed by atoms with van der Waals surface area (Å²) in [5.41, 5.74) is 4.63. The summed E-state index contributed by atoms with van der Waals surface area (Å²) in [6.07, 6.45) is 5.70. The molecule has 186 valence electrons. The van der Waals surface area contributed by atoms with Crippen LogP contribution in [0.2, 0.25) is 0 Å². The van der Waals surface area contributed by atoms with E-state index >= 15 is 0 Å². The summed E-state index contributed by atoms with van der Waals surface area (Å²) in [5, 5.41) is 0. The summed E-state index contributed by atoms with van der Waals surface area (Å²) >= 11 is 0. The number of aromatic nitrogens is 1. The average Bonchev–Trinajstić information content (AvgIpc) is 3.38. The van der Waals surface area contributed by atoms with E-state index in [2.05, 4.69) is 51.1 Å². The molecular formula is C28H36N4O3. The smallest absolute Gasteiger partial charge is 0.298 e. The summed E-state index contributed by atoms with van der Waals surface area (Å²) < 4.78 is 17.0. The van der Waals surface area contributed by atoms with E-state index in [1.807, 2.05) is 18.4 Å². The Hall–Kier alpha value is -3.03. The van der Waals surface area contributed by atoms with E-state index in [4.69, 9.17) is 18.9 Å². The van der Waals surface area contributed by atoms with Gasteiger partial charge < -0.3 is 23.7 Å². The van der Waals surface area contributed by atoms with E-state index < -0.39 is 0 Å². The Morgan fingerprint density at radius 3 is 2.43 bits per heavy atom. The number of hydrogen-bond acceptors (Lipinski definition) is 7. The summed E-state index contributed by atoms with van der Waals surface area (Å²) in [6, 6.07) is 17.7. The Labute approximate surface area is 208 Å². The SMILES string of the molecule is COc1cccc(CN(Cc2cccc(N3CCOCC3)c2)c2nc(CN3CCCCC3)co2)c1. The Bertz CT molecular complexity index is 1070. The second-order valence-electron chi connectivity index (χ2n) is 9.44. The molecular weight excluding hydrogens is 440 g/mol. The molecule has 2 saturated heterocycles. The van der Waals surface area contributed by atoms with Gasteiger partial charge in [-0.05, 0) is 61.3 Å². The number of likely N-dealkylation sites (tertiary alicyclic amines) is 1. The van der Waals surface area contributed by atoms with E-state index in [1.54, 1.807) is 7.11 Å². The van der Waals surface area contributed by atoms with Crippen molar-refractivity contribution in [2.24, 2.45) is 0 Å². The fourth-order valence-corrected chi connectivity index (χ4v) is 4.94. The van der Waals surface area contributed by atoms with Crippen LogP contribution < -0.4 is 14.5 Å². The molecule has 5 rings (SSSR count). The molecule has 7 nitrogen and oxygen atoms in total. The van der Waals surface area contributed by atoms with Crippen LogP contribution in [0, 0.1) is 0 Å². The van der Waals surface area contributed by atoms with Gasteiger partial charge in [-0.15, -0.1) is 0 Å². The fraction of sp³-hybridized carbons (Fsp3) is 0.464. The molecule has 0 unspecified atom stereocenters. The van der Waals surface area contributed by atoms with Gasteiger partial charge in [0.2, 0.25) is 0 Å². The Balaban J connectivity index is 1.36. The van der Waals surface area contributed by atoms with Crippen molar-refractivity contribution in [2.75, 3.05) is 56.3 Å². The minimum Gasteiger partial charge on any atom is -0.497 e. The predicted molar refractivity (Wildman–Crippen MR) is 138 cm³/mol. The number of anilines is 2. The largest absolute Gasteiger partial charge is 0.497 e. The van der Waals surface area contributed by atoms with Crippen molar-refractivity contribution in [3.05, 3.63) is 71.6 Å². The third kappa shape index (κ3) is 6.35. The number of oxazole rings is 1. The molecule has 0 spiro atoms. The molecule has 0 saturated carbocycles. The van der Waals surface area contributed by atoms with Crippen molar-refractivity contribution in [2.45, 2.75) is 38.9 Å². The molecule has 1 aromatic heterocycles. The van der Waals surface area contributed by atoms with Gasteiger partial charge in [0.25, 0.3) is 6.01 Å².